The molecule has 2 N–H and O–H groups in total. The van der Waals surface area contributed by atoms with E-state index >= 15 is 0 Å². The molecule has 0 bridgehead atoms. The van der Waals surface area contributed by atoms with E-state index in [0.29, 0.717) is 0 Å². The number of rotatable bonds is 1. The molecule has 64 valence electrons. The Bertz CT molecular complexity index is 338. The summed E-state index contributed by atoms with van der Waals surface area (Å²) in [4.78, 5) is 10.7. The van der Waals surface area contributed by atoms with Crippen molar-refractivity contribution < 1.29 is 9.18 Å². The fourth-order valence-corrected chi connectivity index (χ4v) is 1.30. The first kappa shape index (κ1) is 9.44. The number of aryl methyl sites for hydroxylation is 1. The first-order valence-corrected chi connectivity index (χ1v) is 4.35. The molecule has 0 saturated carbocycles. The standard InChI is InChI=1S/C8H7FINO/c1-4-2-6(9)5(8(11)12)3-7(4)10/h2-3H,1H3,(H2,11,12). The summed E-state index contributed by atoms with van der Waals surface area (Å²) in [6, 6.07) is 2.76. The highest BCUT2D eigenvalue weighted by molar-refractivity contribution is 14.1. The highest BCUT2D eigenvalue weighted by atomic mass is 127. The quantitative estimate of drug-likeness (QED) is 0.783. The molecule has 0 spiro atoms. The molecular weight excluding hydrogens is 272 g/mol. The van der Waals surface area contributed by atoms with Crippen LogP contribution < -0.4 is 5.73 Å². The zero-order valence-corrected chi connectivity index (χ0v) is 8.55. The van der Waals surface area contributed by atoms with Crippen molar-refractivity contribution in [2.45, 2.75) is 6.92 Å². The van der Waals surface area contributed by atoms with Crippen LogP contribution in [0.3, 0.4) is 0 Å². The number of nitrogens with two attached hydrogens (primary N) is 1. The molecule has 1 amide bonds. The van der Waals surface area contributed by atoms with Crippen molar-refractivity contribution in [2.75, 3.05) is 0 Å². The summed E-state index contributed by atoms with van der Waals surface area (Å²) in [6.45, 7) is 1.77. The molecule has 1 aromatic carbocycles. The predicted molar refractivity (Wildman–Crippen MR) is 52.4 cm³/mol. The van der Waals surface area contributed by atoms with Gasteiger partial charge in [0.1, 0.15) is 5.82 Å². The molecule has 0 saturated heterocycles. The summed E-state index contributed by atoms with van der Waals surface area (Å²) in [5, 5.41) is 0. The summed E-state index contributed by atoms with van der Waals surface area (Å²) in [7, 11) is 0. The zero-order valence-electron chi connectivity index (χ0n) is 6.40. The molecule has 12 heavy (non-hydrogen) atoms. The lowest BCUT2D eigenvalue weighted by atomic mass is 10.1. The van der Waals surface area contributed by atoms with E-state index in [9.17, 15) is 9.18 Å². The fraction of sp³-hybridized carbons (Fsp3) is 0.125. The Balaban J connectivity index is 3.33. The van der Waals surface area contributed by atoms with E-state index in [2.05, 4.69) is 0 Å². The van der Waals surface area contributed by atoms with Crippen LogP contribution in [0, 0.1) is 16.3 Å². The molecule has 0 aromatic heterocycles. The molecule has 0 aliphatic rings. The van der Waals surface area contributed by atoms with Gasteiger partial charge in [-0.2, -0.15) is 0 Å². The molecular formula is C8H7FINO. The average molecular weight is 279 g/mol. The molecule has 0 fully saturated rings. The van der Waals surface area contributed by atoms with Gasteiger partial charge in [-0.3, -0.25) is 4.79 Å². The lowest BCUT2D eigenvalue weighted by Gasteiger charge is -2.01. The van der Waals surface area contributed by atoms with E-state index < -0.39 is 11.7 Å². The van der Waals surface area contributed by atoms with Crippen LogP contribution in [0.4, 0.5) is 4.39 Å². The number of primary amides is 1. The van der Waals surface area contributed by atoms with Crippen molar-refractivity contribution in [1.82, 2.24) is 0 Å². The normalized spacial score (nSPS) is 9.92. The molecule has 0 unspecified atom stereocenters. The SMILES string of the molecule is Cc1cc(F)c(C(N)=O)cc1I. The van der Waals surface area contributed by atoms with Crippen LogP contribution >= 0.6 is 22.6 Å². The van der Waals surface area contributed by atoms with Gasteiger partial charge in [0.2, 0.25) is 0 Å². The topological polar surface area (TPSA) is 43.1 Å². The minimum absolute atomic E-state index is 0.0509. The summed E-state index contributed by atoms with van der Waals surface area (Å²) in [5.74, 6) is -1.29. The van der Waals surface area contributed by atoms with Crippen LogP contribution in [0.2, 0.25) is 0 Å². The van der Waals surface area contributed by atoms with Crippen LogP contribution in [0.15, 0.2) is 12.1 Å². The number of amides is 1. The van der Waals surface area contributed by atoms with Crippen LogP contribution in [0.5, 0.6) is 0 Å². The Labute approximate surface area is 83.1 Å². The van der Waals surface area contributed by atoms with Gasteiger partial charge in [0, 0.05) is 3.57 Å². The van der Waals surface area contributed by atoms with Gasteiger partial charge in [-0.05, 0) is 47.2 Å². The maximum absolute atomic E-state index is 13.0. The second-order valence-corrected chi connectivity index (χ2v) is 3.61. The summed E-state index contributed by atoms with van der Waals surface area (Å²) < 4.78 is 13.8. The van der Waals surface area contributed by atoms with Crippen LogP contribution in [0.1, 0.15) is 15.9 Å². The molecule has 0 heterocycles. The third-order valence-corrected chi connectivity index (χ3v) is 2.68. The molecule has 0 aliphatic carbocycles. The van der Waals surface area contributed by atoms with E-state index in [1.165, 1.54) is 12.1 Å². The monoisotopic (exact) mass is 279 g/mol. The molecule has 0 aliphatic heterocycles. The minimum atomic E-state index is -0.731. The number of hydrogen-bond acceptors (Lipinski definition) is 1. The van der Waals surface area contributed by atoms with Gasteiger partial charge in [-0.25, -0.2) is 4.39 Å². The Hall–Kier alpha value is -0.650. The van der Waals surface area contributed by atoms with Crippen molar-refractivity contribution in [2.24, 2.45) is 5.73 Å². The minimum Gasteiger partial charge on any atom is -0.366 e. The molecule has 1 rings (SSSR count). The van der Waals surface area contributed by atoms with E-state index in [-0.39, 0.29) is 5.56 Å². The largest absolute Gasteiger partial charge is 0.366 e. The molecule has 4 heteroatoms. The summed E-state index contributed by atoms with van der Waals surface area (Å²) >= 11 is 2.03. The summed E-state index contributed by atoms with van der Waals surface area (Å²) in [6.07, 6.45) is 0. The Morgan fingerprint density at radius 1 is 1.58 bits per heavy atom. The third kappa shape index (κ3) is 1.74. The van der Waals surface area contributed by atoms with Gasteiger partial charge in [-0.15, -0.1) is 0 Å². The third-order valence-electron chi connectivity index (χ3n) is 1.51. The molecule has 2 nitrogen and oxygen atoms in total. The zero-order chi connectivity index (χ0) is 9.30. The number of halogens is 2. The first-order chi connectivity index (χ1) is 5.52. The van der Waals surface area contributed by atoms with Gasteiger partial charge in [0.15, 0.2) is 0 Å². The van der Waals surface area contributed by atoms with Gasteiger partial charge in [0.05, 0.1) is 5.56 Å². The lowest BCUT2D eigenvalue weighted by molar-refractivity contribution is 0.0996. The Kier molecular flexibility index (Phi) is 2.66. The molecule has 0 atom stereocenters. The average Bonchev–Trinajstić information content (AvgIpc) is 1.96. The second kappa shape index (κ2) is 3.38. The Morgan fingerprint density at radius 2 is 2.17 bits per heavy atom. The van der Waals surface area contributed by atoms with E-state index in [4.69, 9.17) is 5.73 Å². The van der Waals surface area contributed by atoms with Gasteiger partial charge < -0.3 is 5.73 Å². The second-order valence-electron chi connectivity index (χ2n) is 2.45. The number of hydrogen-bond donors (Lipinski definition) is 1. The van der Waals surface area contributed by atoms with Crippen molar-refractivity contribution in [3.8, 4) is 0 Å². The van der Waals surface area contributed by atoms with Gasteiger partial charge in [-0.1, -0.05) is 0 Å². The smallest absolute Gasteiger partial charge is 0.251 e. The highest BCUT2D eigenvalue weighted by Gasteiger charge is 2.09. The van der Waals surface area contributed by atoms with Crippen molar-refractivity contribution in [1.29, 1.82) is 0 Å². The molecule has 1 aromatic rings. The van der Waals surface area contributed by atoms with E-state index in [1.807, 2.05) is 22.6 Å². The first-order valence-electron chi connectivity index (χ1n) is 3.28. The van der Waals surface area contributed by atoms with Crippen LogP contribution in [-0.4, -0.2) is 5.91 Å². The van der Waals surface area contributed by atoms with Crippen molar-refractivity contribution in [3.63, 3.8) is 0 Å². The summed E-state index contributed by atoms with van der Waals surface area (Å²) in [5.41, 5.74) is 5.70. The Morgan fingerprint density at radius 3 is 2.67 bits per heavy atom. The number of carbonyl (C=O) groups is 1. The number of benzene rings is 1. The lowest BCUT2D eigenvalue weighted by Crippen LogP contribution is -2.13. The highest BCUT2D eigenvalue weighted by Crippen LogP contribution is 2.16. The number of carbonyl (C=O) groups excluding carboxylic acids is 1. The predicted octanol–water partition coefficient (Wildman–Crippen LogP) is 1.84. The van der Waals surface area contributed by atoms with E-state index in [1.54, 1.807) is 6.92 Å². The van der Waals surface area contributed by atoms with Gasteiger partial charge >= 0.3 is 0 Å². The fourth-order valence-electron chi connectivity index (χ4n) is 0.835. The van der Waals surface area contributed by atoms with Crippen molar-refractivity contribution in [3.05, 3.63) is 32.6 Å². The van der Waals surface area contributed by atoms with E-state index in [0.717, 1.165) is 9.13 Å². The van der Waals surface area contributed by atoms with Crippen LogP contribution in [0.25, 0.3) is 0 Å². The van der Waals surface area contributed by atoms with Crippen LogP contribution in [-0.2, 0) is 0 Å². The van der Waals surface area contributed by atoms with Gasteiger partial charge in [0.25, 0.3) is 5.91 Å². The van der Waals surface area contributed by atoms with Crippen molar-refractivity contribution >= 4 is 28.5 Å². The maximum atomic E-state index is 13.0. The molecule has 0 radical (unpaired) electrons. The maximum Gasteiger partial charge on any atom is 0.251 e.